The molecule has 0 saturated carbocycles. The molecule has 1 aliphatic heterocycles. The van der Waals surface area contributed by atoms with Gasteiger partial charge in [-0.3, -0.25) is 4.98 Å². The van der Waals surface area contributed by atoms with Gasteiger partial charge in [0.1, 0.15) is 11.5 Å². The van der Waals surface area contributed by atoms with Crippen LogP contribution in [0.15, 0.2) is 48.1 Å². The van der Waals surface area contributed by atoms with Crippen LogP contribution < -0.4 is 10.2 Å². The number of hydrogen-bond acceptors (Lipinski definition) is 6. The quantitative estimate of drug-likeness (QED) is 0.768. The average molecular weight is 337 g/mol. The second-order valence-corrected chi connectivity index (χ2v) is 6.69. The monoisotopic (exact) mass is 337 g/mol. The molecule has 1 N–H and O–H groups in total. The zero-order chi connectivity index (χ0) is 16.2. The minimum absolute atomic E-state index is 0.817. The van der Waals surface area contributed by atoms with Crippen molar-refractivity contribution in [3.8, 4) is 11.4 Å². The van der Waals surface area contributed by atoms with Gasteiger partial charge in [0.2, 0.25) is 0 Å². The third-order valence-corrected chi connectivity index (χ3v) is 4.89. The summed E-state index contributed by atoms with van der Waals surface area (Å²) in [5.74, 6) is 0.817. The van der Waals surface area contributed by atoms with E-state index in [1.165, 1.54) is 24.9 Å². The fourth-order valence-electron chi connectivity index (χ4n) is 2.87. The number of nitrogens with zero attached hydrogens (tertiary/aromatic N) is 4. The summed E-state index contributed by atoms with van der Waals surface area (Å²) in [6.07, 6.45) is 7.61. The second-order valence-electron chi connectivity index (χ2n) is 5.83. The largest absolute Gasteiger partial charge is 0.370 e. The molecule has 4 rings (SSSR count). The number of anilines is 3. The molecule has 5 nitrogen and oxygen atoms in total. The number of hydrogen-bond donors (Lipinski definition) is 1. The molecular formula is C18H19N5S. The van der Waals surface area contributed by atoms with E-state index in [4.69, 9.17) is 0 Å². The van der Waals surface area contributed by atoms with Crippen molar-refractivity contribution in [2.75, 3.05) is 23.3 Å². The smallest absolute Gasteiger partial charge is 0.188 e. The summed E-state index contributed by atoms with van der Waals surface area (Å²) in [6, 6.07) is 9.99. The SMILES string of the molecule is c1ccc(-c2csc(Nc3ccc(N4CCCCC4)cn3)n2)nc1. The molecule has 0 aromatic carbocycles. The number of thiazole rings is 1. The average Bonchev–Trinajstić information content (AvgIpc) is 3.12. The van der Waals surface area contributed by atoms with Crippen molar-refractivity contribution in [2.45, 2.75) is 19.3 Å². The molecule has 0 amide bonds. The van der Waals surface area contributed by atoms with E-state index < -0.39 is 0 Å². The lowest BCUT2D eigenvalue weighted by Crippen LogP contribution is -2.29. The highest BCUT2D eigenvalue weighted by atomic mass is 32.1. The molecule has 6 heteroatoms. The van der Waals surface area contributed by atoms with Gasteiger partial charge in [0, 0.05) is 24.7 Å². The molecule has 3 aromatic rings. The van der Waals surface area contributed by atoms with Crippen LogP contribution >= 0.6 is 11.3 Å². The van der Waals surface area contributed by atoms with E-state index in [0.717, 1.165) is 35.4 Å². The first-order chi connectivity index (χ1) is 11.9. The van der Waals surface area contributed by atoms with Gasteiger partial charge in [-0.15, -0.1) is 11.3 Å². The van der Waals surface area contributed by atoms with Crippen LogP contribution in [0.1, 0.15) is 19.3 Å². The van der Waals surface area contributed by atoms with E-state index in [9.17, 15) is 0 Å². The molecule has 4 heterocycles. The van der Waals surface area contributed by atoms with Crippen LogP contribution in [0.2, 0.25) is 0 Å². The molecule has 122 valence electrons. The molecule has 1 fully saturated rings. The summed E-state index contributed by atoms with van der Waals surface area (Å²) < 4.78 is 0. The van der Waals surface area contributed by atoms with Crippen molar-refractivity contribution in [1.29, 1.82) is 0 Å². The second kappa shape index (κ2) is 6.97. The Kier molecular flexibility index (Phi) is 4.38. The molecule has 0 radical (unpaired) electrons. The summed E-state index contributed by atoms with van der Waals surface area (Å²) in [6.45, 7) is 2.27. The first kappa shape index (κ1) is 15.1. The van der Waals surface area contributed by atoms with Crippen LogP contribution in [-0.2, 0) is 0 Å². The van der Waals surface area contributed by atoms with Crippen LogP contribution in [-0.4, -0.2) is 28.0 Å². The third-order valence-electron chi connectivity index (χ3n) is 4.14. The molecule has 1 saturated heterocycles. The highest BCUT2D eigenvalue weighted by Crippen LogP contribution is 2.26. The van der Waals surface area contributed by atoms with Crippen LogP contribution in [0.25, 0.3) is 11.4 Å². The number of pyridine rings is 2. The lowest BCUT2D eigenvalue weighted by molar-refractivity contribution is 0.577. The van der Waals surface area contributed by atoms with Crippen LogP contribution in [0, 0.1) is 0 Å². The maximum absolute atomic E-state index is 4.58. The van der Waals surface area contributed by atoms with E-state index in [1.807, 2.05) is 35.8 Å². The summed E-state index contributed by atoms with van der Waals surface area (Å²) in [7, 11) is 0. The first-order valence-corrected chi connectivity index (χ1v) is 9.11. The topological polar surface area (TPSA) is 53.9 Å². The number of piperidine rings is 1. The Balaban J connectivity index is 1.45. The van der Waals surface area contributed by atoms with Gasteiger partial charge in [0.15, 0.2) is 5.13 Å². The van der Waals surface area contributed by atoms with Crippen molar-refractivity contribution < 1.29 is 0 Å². The van der Waals surface area contributed by atoms with Gasteiger partial charge in [0.25, 0.3) is 0 Å². The van der Waals surface area contributed by atoms with Gasteiger partial charge < -0.3 is 10.2 Å². The van der Waals surface area contributed by atoms with Gasteiger partial charge in [0.05, 0.1) is 17.6 Å². The Morgan fingerprint density at radius 2 is 1.88 bits per heavy atom. The number of nitrogens with one attached hydrogen (secondary N) is 1. The number of aromatic nitrogens is 3. The molecule has 3 aromatic heterocycles. The fraction of sp³-hybridized carbons (Fsp3) is 0.278. The summed E-state index contributed by atoms with van der Waals surface area (Å²) in [5, 5.41) is 6.11. The highest BCUT2D eigenvalue weighted by Gasteiger charge is 2.11. The summed E-state index contributed by atoms with van der Waals surface area (Å²) in [4.78, 5) is 15.8. The van der Waals surface area contributed by atoms with E-state index in [-0.39, 0.29) is 0 Å². The molecule has 24 heavy (non-hydrogen) atoms. The van der Waals surface area contributed by atoms with E-state index in [1.54, 1.807) is 17.5 Å². The Morgan fingerprint density at radius 1 is 0.958 bits per heavy atom. The van der Waals surface area contributed by atoms with Crippen LogP contribution in [0.3, 0.4) is 0 Å². The predicted molar refractivity (Wildman–Crippen MR) is 98.9 cm³/mol. The van der Waals surface area contributed by atoms with Crippen molar-refractivity contribution in [3.05, 3.63) is 48.1 Å². The highest BCUT2D eigenvalue weighted by molar-refractivity contribution is 7.14. The first-order valence-electron chi connectivity index (χ1n) is 8.23. The van der Waals surface area contributed by atoms with E-state index >= 15 is 0 Å². The van der Waals surface area contributed by atoms with E-state index in [2.05, 4.69) is 31.2 Å². The molecule has 0 aliphatic carbocycles. The Bertz CT molecular complexity index is 779. The lowest BCUT2D eigenvalue weighted by Gasteiger charge is -2.28. The summed E-state index contributed by atoms with van der Waals surface area (Å²) >= 11 is 1.56. The Hall–Kier alpha value is -2.47. The van der Waals surface area contributed by atoms with Crippen LogP contribution in [0.5, 0.6) is 0 Å². The van der Waals surface area contributed by atoms with Crippen molar-refractivity contribution in [1.82, 2.24) is 15.0 Å². The Labute approximate surface area is 145 Å². The van der Waals surface area contributed by atoms with E-state index in [0.29, 0.717) is 0 Å². The Morgan fingerprint density at radius 3 is 2.62 bits per heavy atom. The van der Waals surface area contributed by atoms with Crippen molar-refractivity contribution >= 4 is 28.0 Å². The van der Waals surface area contributed by atoms with Gasteiger partial charge in [-0.05, 0) is 43.5 Å². The lowest BCUT2D eigenvalue weighted by atomic mass is 10.1. The zero-order valence-electron chi connectivity index (χ0n) is 13.4. The van der Waals surface area contributed by atoms with Crippen LogP contribution in [0.4, 0.5) is 16.6 Å². The predicted octanol–water partition coefficient (Wildman–Crippen LogP) is 4.33. The van der Waals surface area contributed by atoms with Crippen molar-refractivity contribution in [2.24, 2.45) is 0 Å². The van der Waals surface area contributed by atoms with Gasteiger partial charge in [-0.1, -0.05) is 6.07 Å². The molecule has 0 bridgehead atoms. The van der Waals surface area contributed by atoms with Gasteiger partial charge in [-0.2, -0.15) is 0 Å². The van der Waals surface area contributed by atoms with Gasteiger partial charge >= 0.3 is 0 Å². The fourth-order valence-corrected chi connectivity index (χ4v) is 3.58. The molecule has 0 atom stereocenters. The van der Waals surface area contributed by atoms with Crippen molar-refractivity contribution in [3.63, 3.8) is 0 Å². The normalized spacial score (nSPS) is 14.6. The maximum atomic E-state index is 4.58. The molecule has 0 unspecified atom stereocenters. The van der Waals surface area contributed by atoms with Gasteiger partial charge in [-0.25, -0.2) is 9.97 Å². The minimum atomic E-state index is 0.817. The molecule has 0 spiro atoms. The third kappa shape index (κ3) is 3.38. The summed E-state index contributed by atoms with van der Waals surface area (Å²) in [5.41, 5.74) is 2.97. The maximum Gasteiger partial charge on any atom is 0.188 e. The molecule has 1 aliphatic rings. The molecular weight excluding hydrogens is 318 g/mol. The zero-order valence-corrected chi connectivity index (χ0v) is 14.2. The number of rotatable bonds is 4. The minimum Gasteiger partial charge on any atom is -0.370 e. The standard InChI is InChI=1S/C18H19N5S/c1-4-10-23(11-5-1)14-7-8-17(20-12-14)22-18-21-16(13-24-18)15-6-2-3-9-19-15/h2-3,6-9,12-13H,1,4-5,10-11H2,(H,20,21,22).